The Morgan fingerprint density at radius 1 is 1.14 bits per heavy atom. The van der Waals surface area contributed by atoms with Crippen molar-refractivity contribution in [2.45, 2.75) is 38.1 Å². The molecule has 1 saturated carbocycles. The van der Waals surface area contributed by atoms with Gasteiger partial charge in [-0.25, -0.2) is 15.0 Å². The van der Waals surface area contributed by atoms with Gasteiger partial charge >= 0.3 is 0 Å². The Hall–Kier alpha value is -3.89. The number of pyridine rings is 1. The van der Waals surface area contributed by atoms with Gasteiger partial charge in [-0.05, 0) is 30.5 Å². The number of aliphatic hydroxyl groups is 2. The molecule has 180 valence electrons. The first-order valence-corrected chi connectivity index (χ1v) is 11.5. The number of nitrogens with zero attached hydrogens (tertiary/aromatic N) is 5. The topological polar surface area (TPSA) is 138 Å². The van der Waals surface area contributed by atoms with E-state index in [0.29, 0.717) is 29.4 Å². The van der Waals surface area contributed by atoms with Crippen LogP contribution >= 0.6 is 0 Å². The van der Waals surface area contributed by atoms with E-state index in [9.17, 15) is 15.0 Å². The highest BCUT2D eigenvalue weighted by Gasteiger charge is 2.46. The van der Waals surface area contributed by atoms with Crippen molar-refractivity contribution in [3.63, 3.8) is 0 Å². The molecule has 1 fully saturated rings. The third kappa shape index (κ3) is 4.33. The SMILES string of the molecule is CNC(=O)[C@H]1C[C@@H](n2cnc3c(NCc4ccccc4)nc(-c4cncc(C)c4)nc32)[C@H](O)[C@@H]1O. The standard InChI is InChI=1S/C25H27N7O3/c1-14-8-16(12-27-10-14)22-30-23(28-11-15-6-4-3-5-7-15)19-24(31-22)32(13-29-19)18-9-17(25(35)26-2)20(33)21(18)34/h3-8,10,12-13,17-18,20-21,33-34H,9,11H2,1-2H3,(H,26,35)(H,28,30,31)/t17-,18+,20+,21-/m0/s1. The molecule has 3 aromatic heterocycles. The molecule has 4 aromatic rings. The average Bonchev–Trinajstić information content (AvgIpc) is 3.43. The molecular weight excluding hydrogens is 446 g/mol. The minimum absolute atomic E-state index is 0.256. The van der Waals surface area contributed by atoms with Gasteiger partial charge < -0.3 is 25.4 Å². The lowest BCUT2D eigenvalue weighted by Crippen LogP contribution is -2.36. The van der Waals surface area contributed by atoms with E-state index in [1.807, 2.05) is 43.3 Å². The number of aliphatic hydroxyl groups excluding tert-OH is 2. The Balaban J connectivity index is 1.58. The van der Waals surface area contributed by atoms with Crippen LogP contribution in [0.25, 0.3) is 22.6 Å². The van der Waals surface area contributed by atoms with Crippen LogP contribution in [-0.4, -0.2) is 59.9 Å². The summed E-state index contributed by atoms with van der Waals surface area (Å²) in [7, 11) is 1.52. The van der Waals surface area contributed by atoms with Crippen LogP contribution in [0.1, 0.15) is 23.6 Å². The molecule has 4 atom stereocenters. The number of aromatic nitrogens is 5. The molecule has 1 amide bonds. The van der Waals surface area contributed by atoms with Crippen molar-refractivity contribution in [1.82, 2.24) is 29.8 Å². The van der Waals surface area contributed by atoms with Gasteiger partial charge in [0.25, 0.3) is 0 Å². The molecule has 3 heterocycles. The summed E-state index contributed by atoms with van der Waals surface area (Å²) in [5.74, 6) is -0.0304. The molecule has 10 nitrogen and oxygen atoms in total. The van der Waals surface area contributed by atoms with Crippen molar-refractivity contribution in [3.8, 4) is 11.4 Å². The van der Waals surface area contributed by atoms with Crippen molar-refractivity contribution in [1.29, 1.82) is 0 Å². The fourth-order valence-corrected chi connectivity index (χ4v) is 4.60. The van der Waals surface area contributed by atoms with E-state index < -0.39 is 24.2 Å². The van der Waals surface area contributed by atoms with Gasteiger partial charge in [0.05, 0.1) is 24.4 Å². The van der Waals surface area contributed by atoms with E-state index >= 15 is 0 Å². The molecule has 1 aliphatic carbocycles. The molecule has 0 saturated heterocycles. The average molecular weight is 474 g/mol. The Morgan fingerprint density at radius 3 is 2.69 bits per heavy atom. The number of carbonyl (C=O) groups is 1. The van der Waals surface area contributed by atoms with E-state index in [-0.39, 0.29) is 12.3 Å². The number of fused-ring (bicyclic) bond motifs is 1. The molecule has 1 aromatic carbocycles. The number of aryl methyl sites for hydroxylation is 1. The molecule has 0 spiro atoms. The van der Waals surface area contributed by atoms with Crippen LogP contribution in [0.3, 0.4) is 0 Å². The van der Waals surface area contributed by atoms with Gasteiger partial charge in [-0.1, -0.05) is 30.3 Å². The van der Waals surface area contributed by atoms with Gasteiger partial charge in [0.15, 0.2) is 17.3 Å². The number of hydrogen-bond donors (Lipinski definition) is 4. The smallest absolute Gasteiger partial charge is 0.225 e. The van der Waals surface area contributed by atoms with Gasteiger partial charge in [-0.2, -0.15) is 0 Å². The van der Waals surface area contributed by atoms with Gasteiger partial charge in [-0.3, -0.25) is 9.78 Å². The summed E-state index contributed by atoms with van der Waals surface area (Å²) < 4.78 is 1.73. The molecule has 0 unspecified atom stereocenters. The number of nitrogens with one attached hydrogen (secondary N) is 2. The predicted octanol–water partition coefficient (Wildman–Crippen LogP) is 1.84. The quantitative estimate of drug-likeness (QED) is 0.333. The predicted molar refractivity (Wildman–Crippen MR) is 130 cm³/mol. The number of hydrogen-bond acceptors (Lipinski definition) is 8. The number of anilines is 1. The minimum atomic E-state index is -1.18. The minimum Gasteiger partial charge on any atom is -0.390 e. The Labute approximate surface area is 202 Å². The van der Waals surface area contributed by atoms with E-state index in [4.69, 9.17) is 9.97 Å². The van der Waals surface area contributed by atoms with E-state index in [2.05, 4.69) is 20.6 Å². The van der Waals surface area contributed by atoms with Gasteiger partial charge in [0.1, 0.15) is 11.6 Å². The van der Waals surface area contributed by atoms with Crippen LogP contribution in [0.2, 0.25) is 0 Å². The molecule has 4 N–H and O–H groups in total. The van der Waals surface area contributed by atoms with Crippen LogP contribution in [0.15, 0.2) is 55.1 Å². The highest BCUT2D eigenvalue weighted by atomic mass is 16.3. The maximum atomic E-state index is 12.2. The maximum absolute atomic E-state index is 12.2. The third-order valence-corrected chi connectivity index (χ3v) is 6.45. The first-order valence-electron chi connectivity index (χ1n) is 11.5. The van der Waals surface area contributed by atoms with Gasteiger partial charge in [-0.15, -0.1) is 0 Å². The molecule has 10 heteroatoms. The van der Waals surface area contributed by atoms with Crippen molar-refractivity contribution >= 4 is 22.9 Å². The summed E-state index contributed by atoms with van der Waals surface area (Å²) in [4.78, 5) is 30.6. The summed E-state index contributed by atoms with van der Waals surface area (Å²) in [5.41, 5.74) is 3.84. The number of amides is 1. The summed E-state index contributed by atoms with van der Waals surface area (Å²) in [5, 5.41) is 27.3. The number of rotatable bonds is 6. The molecular formula is C25H27N7O3. The normalized spacial score (nSPS) is 21.8. The highest BCUT2D eigenvalue weighted by molar-refractivity contribution is 5.85. The number of benzene rings is 1. The lowest BCUT2D eigenvalue weighted by atomic mass is 10.1. The molecule has 5 rings (SSSR count). The number of imidazole rings is 1. The van der Waals surface area contributed by atoms with Crippen molar-refractivity contribution in [2.24, 2.45) is 5.92 Å². The fraction of sp³-hybridized carbons (Fsp3) is 0.320. The van der Waals surface area contributed by atoms with Crippen LogP contribution < -0.4 is 10.6 Å². The van der Waals surface area contributed by atoms with Gasteiger partial charge in [0, 0.05) is 31.5 Å². The molecule has 0 aliphatic heterocycles. The molecule has 35 heavy (non-hydrogen) atoms. The van der Waals surface area contributed by atoms with Crippen LogP contribution in [0.4, 0.5) is 5.82 Å². The largest absolute Gasteiger partial charge is 0.390 e. The second kappa shape index (κ2) is 9.40. The molecule has 0 radical (unpaired) electrons. The third-order valence-electron chi connectivity index (χ3n) is 6.45. The lowest BCUT2D eigenvalue weighted by Gasteiger charge is -2.18. The summed E-state index contributed by atoms with van der Waals surface area (Å²) in [6.07, 6.45) is 2.97. The molecule has 0 bridgehead atoms. The first-order chi connectivity index (χ1) is 17.0. The zero-order chi connectivity index (χ0) is 24.5. The van der Waals surface area contributed by atoms with E-state index in [1.54, 1.807) is 23.3 Å². The monoisotopic (exact) mass is 473 g/mol. The maximum Gasteiger partial charge on any atom is 0.225 e. The summed E-state index contributed by atoms with van der Waals surface area (Å²) in [6.45, 7) is 2.48. The number of carbonyl (C=O) groups excluding carboxylic acids is 1. The fourth-order valence-electron chi connectivity index (χ4n) is 4.60. The summed E-state index contributed by atoms with van der Waals surface area (Å²) >= 11 is 0. The Morgan fingerprint density at radius 2 is 1.94 bits per heavy atom. The van der Waals surface area contributed by atoms with Crippen molar-refractivity contribution in [2.75, 3.05) is 12.4 Å². The van der Waals surface area contributed by atoms with E-state index in [0.717, 1.165) is 16.7 Å². The Kier molecular flexibility index (Phi) is 6.14. The highest BCUT2D eigenvalue weighted by Crippen LogP contribution is 2.38. The molecule has 1 aliphatic rings. The van der Waals surface area contributed by atoms with Crippen molar-refractivity contribution in [3.05, 3.63) is 66.2 Å². The van der Waals surface area contributed by atoms with Gasteiger partial charge in [0.2, 0.25) is 5.91 Å². The summed E-state index contributed by atoms with van der Waals surface area (Å²) in [6, 6.07) is 11.3. The second-order valence-corrected chi connectivity index (χ2v) is 8.81. The van der Waals surface area contributed by atoms with E-state index in [1.165, 1.54) is 7.05 Å². The lowest BCUT2D eigenvalue weighted by molar-refractivity contribution is -0.128. The Bertz CT molecular complexity index is 1360. The van der Waals surface area contributed by atoms with Crippen LogP contribution in [-0.2, 0) is 11.3 Å². The van der Waals surface area contributed by atoms with Crippen LogP contribution in [0.5, 0.6) is 0 Å². The second-order valence-electron chi connectivity index (χ2n) is 8.81. The van der Waals surface area contributed by atoms with Crippen molar-refractivity contribution < 1.29 is 15.0 Å². The van der Waals surface area contributed by atoms with Crippen LogP contribution in [0, 0.1) is 12.8 Å². The first kappa shape index (κ1) is 22.9. The zero-order valence-corrected chi connectivity index (χ0v) is 19.5. The zero-order valence-electron chi connectivity index (χ0n) is 19.5.